The van der Waals surface area contributed by atoms with E-state index in [1.165, 1.54) is 28.6 Å². The molecule has 0 amide bonds. The van der Waals surface area contributed by atoms with Crippen molar-refractivity contribution in [3.63, 3.8) is 0 Å². The molecule has 0 saturated heterocycles. The summed E-state index contributed by atoms with van der Waals surface area (Å²) in [7, 11) is -3.79. The Morgan fingerprint density at radius 2 is 1.74 bits per heavy atom. The van der Waals surface area contributed by atoms with Crippen LogP contribution in [0.5, 0.6) is 5.75 Å². The summed E-state index contributed by atoms with van der Waals surface area (Å²) in [6, 6.07) is 20.3. The van der Waals surface area contributed by atoms with Crippen LogP contribution >= 0.6 is 11.6 Å². The van der Waals surface area contributed by atoms with Crippen molar-refractivity contribution in [1.82, 2.24) is 0 Å². The van der Waals surface area contributed by atoms with Gasteiger partial charge in [-0.25, -0.2) is 13.2 Å². The topological polar surface area (TPSA) is 72.9 Å². The van der Waals surface area contributed by atoms with Gasteiger partial charge in [0.1, 0.15) is 19.0 Å². The molecular weight excluding hydrogens is 438 g/mol. The van der Waals surface area contributed by atoms with E-state index in [0.717, 1.165) is 5.56 Å². The van der Waals surface area contributed by atoms with Crippen LogP contribution in [0.4, 0.5) is 5.69 Å². The molecule has 1 aliphatic rings. The lowest BCUT2D eigenvalue weighted by molar-refractivity contribution is 0.0450. The number of ether oxygens (including phenoxy) is 2. The third-order valence-corrected chi connectivity index (χ3v) is 7.03. The molecule has 6 nitrogen and oxygen atoms in total. The van der Waals surface area contributed by atoms with Crippen LogP contribution in [-0.4, -0.2) is 34.1 Å². The summed E-state index contributed by atoms with van der Waals surface area (Å²) in [6.45, 7) is 0.494. The monoisotopic (exact) mass is 457 g/mol. The Labute approximate surface area is 186 Å². The summed E-state index contributed by atoms with van der Waals surface area (Å²) in [4.78, 5) is 12.5. The average molecular weight is 458 g/mol. The van der Waals surface area contributed by atoms with Gasteiger partial charge in [-0.15, -0.1) is 0 Å². The van der Waals surface area contributed by atoms with Gasteiger partial charge in [-0.3, -0.25) is 4.31 Å². The summed E-state index contributed by atoms with van der Waals surface area (Å²) in [5.74, 6) is -0.124. The fraction of sp³-hybridized carbons (Fsp3) is 0.174. The number of halogens is 1. The Balaban J connectivity index is 1.42. The maximum atomic E-state index is 13.2. The van der Waals surface area contributed by atoms with Gasteiger partial charge >= 0.3 is 5.97 Å². The average Bonchev–Trinajstić information content (AvgIpc) is 3.23. The van der Waals surface area contributed by atoms with Crippen molar-refractivity contribution < 1.29 is 22.7 Å². The minimum atomic E-state index is -3.79. The second-order valence-electron chi connectivity index (χ2n) is 6.90. The van der Waals surface area contributed by atoms with E-state index in [9.17, 15) is 13.2 Å². The van der Waals surface area contributed by atoms with Gasteiger partial charge in [-0.05, 0) is 48.4 Å². The van der Waals surface area contributed by atoms with Crippen molar-refractivity contribution in [2.24, 2.45) is 0 Å². The number of hydrogen-bond acceptors (Lipinski definition) is 5. The van der Waals surface area contributed by atoms with Crippen LogP contribution in [0.15, 0.2) is 77.7 Å². The van der Waals surface area contributed by atoms with E-state index in [1.807, 2.05) is 18.2 Å². The zero-order valence-corrected chi connectivity index (χ0v) is 18.1. The fourth-order valence-corrected chi connectivity index (χ4v) is 5.14. The minimum absolute atomic E-state index is 0.000530. The maximum Gasteiger partial charge on any atom is 0.338 e. The molecule has 0 atom stereocenters. The maximum absolute atomic E-state index is 13.2. The lowest BCUT2D eigenvalue weighted by Gasteiger charge is -2.19. The highest BCUT2D eigenvalue weighted by atomic mass is 35.5. The van der Waals surface area contributed by atoms with Gasteiger partial charge < -0.3 is 9.47 Å². The molecule has 0 aromatic heterocycles. The van der Waals surface area contributed by atoms with E-state index in [4.69, 9.17) is 21.1 Å². The number of esters is 1. The Hall–Kier alpha value is -3.03. The smallest absolute Gasteiger partial charge is 0.338 e. The summed E-state index contributed by atoms with van der Waals surface area (Å²) < 4.78 is 38.4. The molecule has 3 aromatic carbocycles. The number of carbonyl (C=O) groups is 1. The van der Waals surface area contributed by atoms with E-state index in [2.05, 4.69) is 0 Å². The fourth-order valence-electron chi connectivity index (χ4n) is 3.40. The molecule has 1 heterocycles. The first-order chi connectivity index (χ1) is 15.0. The zero-order valence-electron chi connectivity index (χ0n) is 16.5. The van der Waals surface area contributed by atoms with E-state index in [-0.39, 0.29) is 23.7 Å². The highest BCUT2D eigenvalue weighted by molar-refractivity contribution is 7.92. The zero-order chi connectivity index (χ0) is 21.8. The quantitative estimate of drug-likeness (QED) is 0.390. The number of fused-ring (bicyclic) bond motifs is 1. The highest BCUT2D eigenvalue weighted by Crippen LogP contribution is 2.32. The first-order valence-corrected chi connectivity index (χ1v) is 11.5. The third-order valence-electron chi connectivity index (χ3n) is 4.91. The van der Waals surface area contributed by atoms with Crippen molar-refractivity contribution >= 4 is 33.3 Å². The van der Waals surface area contributed by atoms with Crippen molar-refractivity contribution in [2.75, 3.05) is 24.1 Å². The Bertz CT molecular complexity index is 1210. The number of para-hydroxylation sites is 2. The van der Waals surface area contributed by atoms with Crippen molar-refractivity contribution in [3.8, 4) is 5.75 Å². The molecule has 0 radical (unpaired) electrons. The molecule has 0 spiro atoms. The van der Waals surface area contributed by atoms with E-state index in [0.29, 0.717) is 29.4 Å². The lowest BCUT2D eigenvalue weighted by Crippen LogP contribution is -2.29. The van der Waals surface area contributed by atoms with Crippen molar-refractivity contribution in [2.45, 2.75) is 11.3 Å². The van der Waals surface area contributed by atoms with Crippen LogP contribution in [0.25, 0.3) is 0 Å². The molecule has 3 aromatic rings. The first-order valence-electron chi connectivity index (χ1n) is 9.72. The van der Waals surface area contributed by atoms with Crippen molar-refractivity contribution in [3.05, 3.63) is 88.9 Å². The van der Waals surface area contributed by atoms with Gasteiger partial charge in [-0.2, -0.15) is 0 Å². The molecule has 160 valence electrons. The van der Waals surface area contributed by atoms with E-state index < -0.39 is 16.0 Å². The van der Waals surface area contributed by atoms with Crippen LogP contribution in [0.1, 0.15) is 15.9 Å². The van der Waals surface area contributed by atoms with Crippen LogP contribution < -0.4 is 9.04 Å². The molecule has 31 heavy (non-hydrogen) atoms. The summed E-state index contributed by atoms with van der Waals surface area (Å²) in [5.41, 5.74) is 1.82. The normalized spacial score (nSPS) is 13.0. The molecule has 0 bridgehead atoms. The molecule has 8 heteroatoms. The lowest BCUT2D eigenvalue weighted by atomic mass is 10.2. The van der Waals surface area contributed by atoms with Gasteiger partial charge in [0.15, 0.2) is 0 Å². The number of anilines is 1. The molecule has 0 aliphatic carbocycles. The Morgan fingerprint density at radius 1 is 0.968 bits per heavy atom. The van der Waals surface area contributed by atoms with Gasteiger partial charge in [0, 0.05) is 6.54 Å². The molecular formula is C23H20ClNO5S. The van der Waals surface area contributed by atoms with Crippen molar-refractivity contribution in [1.29, 1.82) is 0 Å². The van der Waals surface area contributed by atoms with Gasteiger partial charge in [0.2, 0.25) is 0 Å². The SMILES string of the molecule is O=C(OCCOc1ccccc1Cl)c1cccc(S(=O)(=O)N2CCc3ccccc32)c1. The Morgan fingerprint density at radius 3 is 2.58 bits per heavy atom. The van der Waals surface area contributed by atoms with E-state index >= 15 is 0 Å². The van der Waals surface area contributed by atoms with Crippen LogP contribution in [0.3, 0.4) is 0 Å². The molecule has 4 rings (SSSR count). The second-order valence-corrected chi connectivity index (χ2v) is 9.17. The number of carbonyl (C=O) groups excluding carboxylic acids is 1. The predicted molar refractivity (Wildman–Crippen MR) is 118 cm³/mol. The number of benzene rings is 3. The second kappa shape index (κ2) is 8.99. The Kier molecular flexibility index (Phi) is 6.15. The number of sulfonamides is 1. The predicted octanol–water partition coefficient (Wildman–Crippen LogP) is 4.33. The largest absolute Gasteiger partial charge is 0.488 e. The minimum Gasteiger partial charge on any atom is -0.488 e. The molecule has 1 aliphatic heterocycles. The van der Waals surface area contributed by atoms with E-state index in [1.54, 1.807) is 30.3 Å². The van der Waals surface area contributed by atoms with Gasteiger partial charge in [-0.1, -0.05) is 48.0 Å². The molecule has 0 unspecified atom stereocenters. The summed E-state index contributed by atoms with van der Waals surface area (Å²) >= 11 is 6.01. The standard InChI is InChI=1S/C23H20ClNO5S/c24-20-9-2-4-11-22(20)29-14-15-30-23(26)18-7-5-8-19(16-18)31(27,28)25-13-12-17-6-1-3-10-21(17)25/h1-11,16H,12-15H2. The summed E-state index contributed by atoms with van der Waals surface area (Å²) in [5, 5.41) is 0.468. The number of hydrogen-bond donors (Lipinski definition) is 0. The molecule has 0 saturated carbocycles. The van der Waals surface area contributed by atoms with Crippen LogP contribution in [0, 0.1) is 0 Å². The van der Waals surface area contributed by atoms with Crippen LogP contribution in [0.2, 0.25) is 5.02 Å². The third kappa shape index (κ3) is 4.52. The molecule has 0 N–H and O–H groups in total. The highest BCUT2D eigenvalue weighted by Gasteiger charge is 2.31. The number of nitrogens with zero attached hydrogens (tertiary/aromatic N) is 1. The summed E-state index contributed by atoms with van der Waals surface area (Å²) in [6.07, 6.45) is 0.655. The van der Waals surface area contributed by atoms with Crippen LogP contribution in [-0.2, 0) is 21.2 Å². The first kappa shape index (κ1) is 21.2. The number of rotatable bonds is 7. The molecule has 0 fully saturated rings. The van der Waals surface area contributed by atoms with Gasteiger partial charge in [0.25, 0.3) is 10.0 Å². The van der Waals surface area contributed by atoms with Gasteiger partial charge in [0.05, 0.1) is 21.2 Å².